The lowest BCUT2D eigenvalue weighted by atomic mass is 10.1. The zero-order valence-corrected chi connectivity index (χ0v) is 16.8. The van der Waals surface area contributed by atoms with E-state index in [2.05, 4.69) is 6.92 Å². The Bertz CT molecular complexity index is 877. The van der Waals surface area contributed by atoms with E-state index in [0.29, 0.717) is 11.4 Å². The van der Waals surface area contributed by atoms with E-state index in [1.54, 1.807) is 11.3 Å². The fraction of sp³-hybridized carbons (Fsp3) is 0.588. The molecule has 24 heavy (non-hydrogen) atoms. The molecule has 1 aliphatic heterocycles. The maximum atomic E-state index is 12.9. The van der Waals surface area contributed by atoms with Gasteiger partial charge in [0.05, 0.1) is 4.70 Å². The second-order valence-corrected chi connectivity index (χ2v) is 10.6. The fourth-order valence-corrected chi connectivity index (χ4v) is 8.02. The maximum Gasteiger partial charge on any atom is 0.279 e. The Labute approximate surface area is 151 Å². The molecule has 0 saturated heterocycles. The van der Waals surface area contributed by atoms with Gasteiger partial charge in [-0.25, -0.2) is 12.7 Å². The molecule has 3 rings (SSSR count). The summed E-state index contributed by atoms with van der Waals surface area (Å²) >= 11 is 2.94. The zero-order chi connectivity index (χ0) is 17.5. The Kier molecular flexibility index (Phi) is 5.04. The number of unbranched alkanes of at least 4 members (excludes halogenated alkanes) is 5. The van der Waals surface area contributed by atoms with Crippen molar-refractivity contribution in [3.05, 3.63) is 14.6 Å². The minimum atomic E-state index is -3.68. The summed E-state index contributed by atoms with van der Waals surface area (Å²) in [5, 5.41) is 0.774. The number of nitrogens with zero attached hydrogens (tertiary/aromatic N) is 1. The van der Waals surface area contributed by atoms with Crippen LogP contribution in [-0.4, -0.2) is 25.2 Å². The molecule has 0 fully saturated rings. The van der Waals surface area contributed by atoms with Crippen LogP contribution in [0.3, 0.4) is 0 Å². The van der Waals surface area contributed by atoms with Crippen molar-refractivity contribution in [3.63, 3.8) is 0 Å². The standard InChI is InChI=1S/C17H23NO3S3/c1-4-5-6-7-8-9-10-18-17(19)15-16(24(18,20)21)13-11(2)22-12(3)14(13)23-15/h4-10H2,1-3H3. The normalized spacial score (nSPS) is 16.3. The summed E-state index contributed by atoms with van der Waals surface area (Å²) in [6.07, 6.45) is 6.40. The molecule has 4 nitrogen and oxygen atoms in total. The Morgan fingerprint density at radius 1 is 0.958 bits per heavy atom. The topological polar surface area (TPSA) is 54.5 Å². The van der Waals surface area contributed by atoms with Gasteiger partial charge >= 0.3 is 0 Å². The van der Waals surface area contributed by atoms with Crippen molar-refractivity contribution in [3.8, 4) is 0 Å². The summed E-state index contributed by atoms with van der Waals surface area (Å²) in [7, 11) is -3.68. The molecule has 1 aliphatic rings. The predicted molar refractivity (Wildman–Crippen MR) is 101 cm³/mol. The summed E-state index contributed by atoms with van der Waals surface area (Å²) in [5.74, 6) is -0.330. The average molecular weight is 386 g/mol. The molecule has 0 aliphatic carbocycles. The van der Waals surface area contributed by atoms with Crippen LogP contribution in [-0.2, 0) is 10.0 Å². The largest absolute Gasteiger partial charge is 0.279 e. The number of amides is 1. The van der Waals surface area contributed by atoms with Crippen LogP contribution in [0.5, 0.6) is 0 Å². The molecule has 2 aromatic heterocycles. The number of thiophene rings is 2. The number of hydrogen-bond acceptors (Lipinski definition) is 5. The van der Waals surface area contributed by atoms with Crippen LogP contribution < -0.4 is 0 Å². The molecular formula is C17H23NO3S3. The lowest BCUT2D eigenvalue weighted by molar-refractivity contribution is 0.0873. The third kappa shape index (κ3) is 2.80. The Morgan fingerprint density at radius 3 is 2.33 bits per heavy atom. The molecule has 0 bridgehead atoms. The SMILES string of the molecule is CCCCCCCCN1C(=O)c2sc3c(C)sc(C)c3c2S1(=O)=O. The summed E-state index contributed by atoms with van der Waals surface area (Å²) in [5.41, 5.74) is 0. The number of sulfonamides is 1. The van der Waals surface area contributed by atoms with Gasteiger partial charge in [-0.15, -0.1) is 22.7 Å². The molecule has 3 heterocycles. The Balaban J connectivity index is 1.81. The van der Waals surface area contributed by atoms with Crippen molar-refractivity contribution in [2.24, 2.45) is 0 Å². The van der Waals surface area contributed by atoms with Crippen LogP contribution in [0.1, 0.15) is 64.9 Å². The minimum absolute atomic E-state index is 0.264. The average Bonchev–Trinajstić information content (AvgIpc) is 3.10. The highest BCUT2D eigenvalue weighted by atomic mass is 32.2. The lowest BCUT2D eigenvalue weighted by Gasteiger charge is -2.15. The predicted octanol–water partition coefficient (Wildman–Crippen LogP) is 5.08. The summed E-state index contributed by atoms with van der Waals surface area (Å²) in [6.45, 7) is 6.39. The van der Waals surface area contributed by atoms with Crippen molar-refractivity contribution in [1.82, 2.24) is 4.31 Å². The van der Waals surface area contributed by atoms with E-state index in [9.17, 15) is 13.2 Å². The van der Waals surface area contributed by atoms with Crippen molar-refractivity contribution < 1.29 is 13.2 Å². The molecule has 0 spiro atoms. The van der Waals surface area contributed by atoms with Gasteiger partial charge in [0, 0.05) is 21.7 Å². The smallest absolute Gasteiger partial charge is 0.267 e. The molecule has 0 saturated carbocycles. The maximum absolute atomic E-state index is 12.9. The molecule has 7 heteroatoms. The van der Waals surface area contributed by atoms with E-state index >= 15 is 0 Å². The third-order valence-electron chi connectivity index (χ3n) is 4.53. The molecule has 0 aromatic carbocycles. The second-order valence-electron chi connectivity index (χ2n) is 6.33. The van der Waals surface area contributed by atoms with E-state index in [1.165, 1.54) is 30.6 Å². The van der Waals surface area contributed by atoms with Gasteiger partial charge in [0.25, 0.3) is 15.9 Å². The van der Waals surface area contributed by atoms with Gasteiger partial charge in [-0.3, -0.25) is 4.79 Å². The number of hydrogen-bond donors (Lipinski definition) is 0. The second kappa shape index (κ2) is 6.77. The van der Waals surface area contributed by atoms with Crippen molar-refractivity contribution in [2.75, 3.05) is 6.54 Å². The van der Waals surface area contributed by atoms with Gasteiger partial charge in [0.15, 0.2) is 0 Å². The zero-order valence-electron chi connectivity index (χ0n) is 14.3. The first-order chi connectivity index (χ1) is 11.4. The van der Waals surface area contributed by atoms with Gasteiger partial charge in [-0.05, 0) is 20.3 Å². The lowest BCUT2D eigenvalue weighted by Crippen LogP contribution is -2.31. The van der Waals surface area contributed by atoms with Crippen molar-refractivity contribution >= 4 is 48.7 Å². The molecule has 0 radical (unpaired) electrons. The quantitative estimate of drug-likeness (QED) is 0.624. The number of aryl methyl sites for hydroxylation is 2. The first-order valence-electron chi connectivity index (χ1n) is 8.49. The Hall–Kier alpha value is -0.920. The van der Waals surface area contributed by atoms with Gasteiger partial charge in [-0.2, -0.15) is 0 Å². The van der Waals surface area contributed by atoms with Gasteiger partial charge < -0.3 is 0 Å². The molecule has 0 N–H and O–H groups in total. The fourth-order valence-electron chi connectivity index (χ4n) is 3.29. The highest BCUT2D eigenvalue weighted by Crippen LogP contribution is 2.47. The highest BCUT2D eigenvalue weighted by molar-refractivity contribution is 7.90. The minimum Gasteiger partial charge on any atom is -0.267 e. The number of rotatable bonds is 7. The van der Waals surface area contributed by atoms with Crippen LogP contribution in [0.25, 0.3) is 10.1 Å². The highest BCUT2D eigenvalue weighted by Gasteiger charge is 2.45. The van der Waals surface area contributed by atoms with Gasteiger partial charge in [0.1, 0.15) is 9.77 Å². The van der Waals surface area contributed by atoms with Crippen LogP contribution in [0, 0.1) is 13.8 Å². The van der Waals surface area contributed by atoms with Crippen LogP contribution in [0.15, 0.2) is 4.90 Å². The van der Waals surface area contributed by atoms with E-state index < -0.39 is 10.0 Å². The first-order valence-corrected chi connectivity index (χ1v) is 11.6. The van der Waals surface area contributed by atoms with Gasteiger partial charge in [0.2, 0.25) is 0 Å². The van der Waals surface area contributed by atoms with Crippen molar-refractivity contribution in [2.45, 2.75) is 64.2 Å². The molecule has 0 unspecified atom stereocenters. The molecule has 1 amide bonds. The number of carbonyl (C=O) groups is 1. The van der Waals surface area contributed by atoms with E-state index in [-0.39, 0.29) is 10.8 Å². The van der Waals surface area contributed by atoms with Gasteiger partial charge in [-0.1, -0.05) is 39.0 Å². The Morgan fingerprint density at radius 2 is 1.62 bits per heavy atom. The third-order valence-corrected chi connectivity index (χ3v) is 8.96. The van der Waals surface area contributed by atoms with Crippen LogP contribution in [0.4, 0.5) is 0 Å². The van der Waals surface area contributed by atoms with E-state index in [0.717, 1.165) is 43.4 Å². The molecule has 2 aromatic rings. The molecular weight excluding hydrogens is 362 g/mol. The molecule has 0 atom stereocenters. The first kappa shape index (κ1) is 17.9. The summed E-state index contributed by atoms with van der Waals surface area (Å²) in [4.78, 5) is 15.4. The van der Waals surface area contributed by atoms with E-state index in [1.807, 2.05) is 13.8 Å². The summed E-state index contributed by atoms with van der Waals surface area (Å²) in [6, 6.07) is 0. The van der Waals surface area contributed by atoms with Crippen LogP contribution in [0.2, 0.25) is 0 Å². The molecule has 132 valence electrons. The number of fused-ring (bicyclic) bond motifs is 3. The number of carbonyl (C=O) groups excluding carboxylic acids is 1. The van der Waals surface area contributed by atoms with E-state index in [4.69, 9.17) is 0 Å². The summed E-state index contributed by atoms with van der Waals surface area (Å²) < 4.78 is 27.9. The van der Waals surface area contributed by atoms with Crippen LogP contribution >= 0.6 is 22.7 Å². The van der Waals surface area contributed by atoms with Crippen molar-refractivity contribution in [1.29, 1.82) is 0 Å². The monoisotopic (exact) mass is 385 g/mol.